The fraction of sp³-hybridized carbons (Fsp3) is 0.320. The number of fused-ring (bicyclic) bond motifs is 4. The largest absolute Gasteiger partial charge is 0.337 e. The number of carbonyl (C=O) groups is 1. The molecule has 7 rings (SSSR count). The van der Waals surface area contributed by atoms with Crippen LogP contribution < -0.4 is 10.2 Å². The number of anilines is 1. The maximum absolute atomic E-state index is 11.9. The van der Waals surface area contributed by atoms with Crippen LogP contribution in [0.4, 0.5) is 10.7 Å². The predicted octanol–water partition coefficient (Wildman–Crippen LogP) is 2.64. The molecule has 2 fully saturated rings. The summed E-state index contributed by atoms with van der Waals surface area (Å²) in [5.74, 6) is 1.79. The molecule has 0 aliphatic carbocycles. The Bertz CT molecular complexity index is 1380. The van der Waals surface area contributed by atoms with Crippen LogP contribution in [0.2, 0.25) is 0 Å². The summed E-state index contributed by atoms with van der Waals surface area (Å²) < 4.78 is 2.29. The van der Waals surface area contributed by atoms with Gasteiger partial charge >= 0.3 is 6.03 Å². The van der Waals surface area contributed by atoms with E-state index in [1.807, 2.05) is 29.4 Å². The molecule has 170 valence electrons. The zero-order chi connectivity index (χ0) is 22.6. The Kier molecular flexibility index (Phi) is 4.30. The molecule has 6 heterocycles. The molecule has 9 heteroatoms. The minimum absolute atomic E-state index is 0.0308. The van der Waals surface area contributed by atoms with Gasteiger partial charge in [0.25, 0.3) is 0 Å². The third kappa shape index (κ3) is 3.03. The number of piperazine rings is 1. The number of hydrogen-bond acceptors (Lipinski definition) is 6. The van der Waals surface area contributed by atoms with Gasteiger partial charge in [0.05, 0.1) is 17.8 Å². The van der Waals surface area contributed by atoms with Crippen molar-refractivity contribution in [2.24, 2.45) is 0 Å². The second-order valence-corrected chi connectivity index (χ2v) is 9.15. The SMILES string of the molecule is O=C1NC[C@@H]2CN(c3ncc(-c4ccc5nc6n(c5n4)[C@@H](c4ccccc4)CC6)cn3)CCN12. The molecule has 34 heavy (non-hydrogen) atoms. The van der Waals surface area contributed by atoms with Gasteiger partial charge in [0.2, 0.25) is 5.95 Å². The molecule has 1 N–H and O–H groups in total. The monoisotopic (exact) mass is 452 g/mol. The molecule has 4 aromatic rings. The van der Waals surface area contributed by atoms with Crippen molar-refractivity contribution >= 4 is 23.1 Å². The van der Waals surface area contributed by atoms with E-state index in [9.17, 15) is 4.79 Å². The van der Waals surface area contributed by atoms with Crippen LogP contribution in [0.5, 0.6) is 0 Å². The minimum atomic E-state index is 0.0308. The minimum Gasteiger partial charge on any atom is -0.337 e. The highest BCUT2D eigenvalue weighted by atomic mass is 16.2. The molecule has 2 amide bonds. The fourth-order valence-electron chi connectivity index (χ4n) is 5.47. The summed E-state index contributed by atoms with van der Waals surface area (Å²) in [7, 11) is 0. The summed E-state index contributed by atoms with van der Waals surface area (Å²) in [6.07, 6.45) is 5.69. The highest BCUT2D eigenvalue weighted by molar-refractivity contribution is 5.78. The number of imidazole rings is 1. The first kappa shape index (κ1) is 19.5. The Morgan fingerprint density at radius 2 is 1.82 bits per heavy atom. The molecule has 0 bridgehead atoms. The first-order valence-electron chi connectivity index (χ1n) is 11.8. The number of amides is 2. The van der Waals surface area contributed by atoms with E-state index in [2.05, 4.69) is 55.1 Å². The van der Waals surface area contributed by atoms with Gasteiger partial charge in [0.15, 0.2) is 5.65 Å². The average Bonchev–Trinajstić information content (AvgIpc) is 3.58. The van der Waals surface area contributed by atoms with Crippen molar-refractivity contribution in [2.45, 2.75) is 24.9 Å². The van der Waals surface area contributed by atoms with Crippen molar-refractivity contribution in [3.05, 3.63) is 66.2 Å². The Balaban J connectivity index is 1.18. The first-order valence-corrected chi connectivity index (χ1v) is 11.8. The lowest BCUT2D eigenvalue weighted by Gasteiger charge is -2.36. The van der Waals surface area contributed by atoms with Crippen molar-refractivity contribution in [3.63, 3.8) is 0 Å². The number of carbonyl (C=O) groups excluding carboxylic acids is 1. The summed E-state index contributed by atoms with van der Waals surface area (Å²) >= 11 is 0. The summed E-state index contributed by atoms with van der Waals surface area (Å²) in [5, 5.41) is 2.91. The van der Waals surface area contributed by atoms with Crippen LogP contribution in [0.1, 0.15) is 23.9 Å². The summed E-state index contributed by atoms with van der Waals surface area (Å²) in [4.78, 5) is 35.0. The van der Waals surface area contributed by atoms with E-state index in [1.54, 1.807) is 0 Å². The molecular formula is C25H24N8O. The van der Waals surface area contributed by atoms with Crippen molar-refractivity contribution in [2.75, 3.05) is 31.1 Å². The number of urea groups is 1. The van der Waals surface area contributed by atoms with E-state index in [4.69, 9.17) is 9.97 Å². The van der Waals surface area contributed by atoms with Gasteiger partial charge in [-0.05, 0) is 24.1 Å². The zero-order valence-electron chi connectivity index (χ0n) is 18.6. The fourth-order valence-corrected chi connectivity index (χ4v) is 5.47. The normalized spacial score (nSPS) is 21.6. The second kappa shape index (κ2) is 7.51. The molecule has 0 radical (unpaired) electrons. The summed E-state index contributed by atoms with van der Waals surface area (Å²) in [6.45, 7) is 2.84. The van der Waals surface area contributed by atoms with Crippen LogP contribution in [0.25, 0.3) is 22.4 Å². The summed E-state index contributed by atoms with van der Waals surface area (Å²) in [6, 6.07) is 15.1. The molecule has 9 nitrogen and oxygen atoms in total. The topological polar surface area (TPSA) is 92.1 Å². The molecule has 3 aliphatic rings. The molecule has 0 unspecified atom stereocenters. The van der Waals surface area contributed by atoms with E-state index >= 15 is 0 Å². The van der Waals surface area contributed by atoms with Gasteiger partial charge in [-0.25, -0.2) is 24.7 Å². The van der Waals surface area contributed by atoms with Crippen LogP contribution in [-0.4, -0.2) is 67.7 Å². The molecule has 3 aromatic heterocycles. The van der Waals surface area contributed by atoms with Gasteiger partial charge in [-0.2, -0.15) is 0 Å². The average molecular weight is 453 g/mol. The zero-order valence-corrected chi connectivity index (χ0v) is 18.6. The van der Waals surface area contributed by atoms with Gasteiger partial charge in [-0.1, -0.05) is 30.3 Å². The van der Waals surface area contributed by atoms with Gasteiger partial charge < -0.3 is 19.7 Å². The molecule has 0 saturated carbocycles. The van der Waals surface area contributed by atoms with Crippen LogP contribution in [0.3, 0.4) is 0 Å². The first-order chi connectivity index (χ1) is 16.7. The van der Waals surface area contributed by atoms with Gasteiger partial charge in [-0.3, -0.25) is 0 Å². The Morgan fingerprint density at radius 3 is 2.68 bits per heavy atom. The van der Waals surface area contributed by atoms with Crippen LogP contribution >= 0.6 is 0 Å². The quantitative estimate of drug-likeness (QED) is 0.514. The maximum Gasteiger partial charge on any atom is 0.317 e. The Hall–Kier alpha value is -4.01. The van der Waals surface area contributed by atoms with Crippen LogP contribution in [-0.2, 0) is 6.42 Å². The van der Waals surface area contributed by atoms with E-state index in [-0.39, 0.29) is 18.1 Å². The van der Waals surface area contributed by atoms with Crippen molar-refractivity contribution in [1.29, 1.82) is 0 Å². The number of aromatic nitrogens is 5. The van der Waals surface area contributed by atoms with Crippen molar-refractivity contribution in [1.82, 2.24) is 34.7 Å². The lowest BCUT2D eigenvalue weighted by atomic mass is 10.0. The van der Waals surface area contributed by atoms with Crippen LogP contribution in [0, 0.1) is 0 Å². The number of hydrogen-bond donors (Lipinski definition) is 1. The second-order valence-electron chi connectivity index (χ2n) is 9.15. The van der Waals surface area contributed by atoms with Gasteiger partial charge in [0, 0.05) is 50.6 Å². The standard InChI is InChI=1S/C25H24N8O/c34-25-28-14-18-15-31(10-11-32(18)25)24-26-12-17(13-27-24)19-6-7-20-23(30-19)33-21(8-9-22(33)29-20)16-4-2-1-3-5-16/h1-7,12-13,18,21H,8-11,14-15H2,(H,28,34)/t18-,21-/m1/s1. The number of nitrogens with one attached hydrogen (secondary N) is 1. The third-order valence-corrected chi connectivity index (χ3v) is 7.20. The highest BCUT2D eigenvalue weighted by Gasteiger charge is 2.36. The van der Waals surface area contributed by atoms with Crippen molar-refractivity contribution in [3.8, 4) is 11.3 Å². The molecular weight excluding hydrogens is 428 g/mol. The predicted molar refractivity (Wildman–Crippen MR) is 128 cm³/mol. The third-order valence-electron chi connectivity index (χ3n) is 7.20. The lowest BCUT2D eigenvalue weighted by Crippen LogP contribution is -2.52. The van der Waals surface area contributed by atoms with E-state index in [0.29, 0.717) is 19.0 Å². The highest BCUT2D eigenvalue weighted by Crippen LogP contribution is 2.35. The molecule has 3 aliphatic heterocycles. The van der Waals surface area contributed by atoms with Gasteiger partial charge in [0.1, 0.15) is 11.3 Å². The molecule has 2 saturated heterocycles. The number of rotatable bonds is 3. The molecule has 1 aromatic carbocycles. The van der Waals surface area contributed by atoms with Crippen LogP contribution in [0.15, 0.2) is 54.9 Å². The van der Waals surface area contributed by atoms with E-state index in [1.165, 1.54) is 5.56 Å². The Morgan fingerprint density at radius 1 is 0.971 bits per heavy atom. The number of aryl methyl sites for hydroxylation is 1. The smallest absolute Gasteiger partial charge is 0.317 e. The number of nitrogens with zero attached hydrogens (tertiary/aromatic N) is 7. The van der Waals surface area contributed by atoms with Gasteiger partial charge in [-0.15, -0.1) is 0 Å². The van der Waals surface area contributed by atoms with Crippen molar-refractivity contribution < 1.29 is 4.79 Å². The molecule has 2 atom stereocenters. The summed E-state index contributed by atoms with van der Waals surface area (Å²) in [5.41, 5.74) is 4.86. The maximum atomic E-state index is 11.9. The Labute approximate surface area is 196 Å². The number of pyridine rings is 1. The number of benzene rings is 1. The van der Waals surface area contributed by atoms with E-state index in [0.717, 1.165) is 54.2 Å². The van der Waals surface area contributed by atoms with E-state index < -0.39 is 0 Å². The lowest BCUT2D eigenvalue weighted by molar-refractivity contribution is 0.197. The molecule has 0 spiro atoms.